The van der Waals surface area contributed by atoms with Crippen LogP contribution in [-0.2, 0) is 41.4 Å². The SMILES string of the molecule is Cc1ncsc1-c1ccc(CNC(=O)[C@@H]2CCCN2C(=O)C(NC(=O)CCOCCOCCCCCOc2ccc(N3C(=S)N(c4ccc(C#N)c(C(F)(F)F)c4)C(=O)C3(C)C)cc2)C(C)(C)C)cc1. The number of thiazole rings is 1. The summed E-state index contributed by atoms with van der Waals surface area (Å²) in [6.07, 6.45) is -1.09. The summed E-state index contributed by atoms with van der Waals surface area (Å²) in [7, 11) is 0. The summed E-state index contributed by atoms with van der Waals surface area (Å²) in [5.41, 5.74) is 1.78. The molecule has 4 aromatic rings. The van der Waals surface area contributed by atoms with Gasteiger partial charge in [0.1, 0.15) is 23.4 Å². The van der Waals surface area contributed by atoms with Gasteiger partial charge in [-0.15, -0.1) is 11.3 Å². The number of halogens is 3. The third kappa shape index (κ3) is 13.1. The van der Waals surface area contributed by atoms with Crippen molar-refractivity contribution in [3.05, 3.63) is 94.6 Å². The second-order valence-corrected chi connectivity index (χ2v) is 20.0. The van der Waals surface area contributed by atoms with Crippen LogP contribution in [0.15, 0.2) is 72.2 Å². The van der Waals surface area contributed by atoms with Gasteiger partial charge in [-0.25, -0.2) is 4.98 Å². The number of likely N-dealkylation sites (tertiary alicyclic amines) is 1. The second-order valence-electron chi connectivity index (χ2n) is 18.8. The zero-order chi connectivity index (χ0) is 50.8. The first-order valence-corrected chi connectivity index (χ1v) is 24.6. The van der Waals surface area contributed by atoms with Crippen molar-refractivity contribution in [2.75, 3.05) is 49.4 Å². The molecule has 2 aliphatic rings. The van der Waals surface area contributed by atoms with Crippen LogP contribution in [0.25, 0.3) is 10.4 Å². The number of aryl methyl sites for hydroxylation is 1. The number of hydrogen-bond acceptors (Lipinski definition) is 11. The number of nitrogens with one attached hydrogen (secondary N) is 2. The number of rotatable bonds is 21. The van der Waals surface area contributed by atoms with E-state index in [1.807, 2.05) is 57.5 Å². The van der Waals surface area contributed by atoms with Crippen LogP contribution in [0, 0.1) is 23.7 Å². The fourth-order valence-electron chi connectivity index (χ4n) is 8.32. The van der Waals surface area contributed by atoms with E-state index in [0.29, 0.717) is 63.8 Å². The van der Waals surface area contributed by atoms with Gasteiger partial charge in [-0.1, -0.05) is 45.0 Å². The minimum atomic E-state index is -4.79. The van der Waals surface area contributed by atoms with Gasteiger partial charge >= 0.3 is 6.18 Å². The summed E-state index contributed by atoms with van der Waals surface area (Å²) in [6.45, 7) is 13.5. The maximum atomic E-state index is 13.9. The van der Waals surface area contributed by atoms with Gasteiger partial charge < -0.3 is 34.6 Å². The molecule has 2 fully saturated rings. The number of ether oxygens (including phenoxy) is 3. The number of alkyl halides is 3. The normalized spacial score (nSPS) is 16.3. The number of carbonyl (C=O) groups is 4. The predicted molar refractivity (Wildman–Crippen MR) is 265 cm³/mol. The van der Waals surface area contributed by atoms with E-state index in [4.69, 9.17) is 26.4 Å². The maximum absolute atomic E-state index is 13.9. The number of nitrogens with zero attached hydrogens (tertiary/aromatic N) is 5. The molecule has 3 heterocycles. The lowest BCUT2D eigenvalue weighted by atomic mass is 9.85. The predicted octanol–water partition coefficient (Wildman–Crippen LogP) is 8.74. The Morgan fingerprint density at radius 2 is 1.61 bits per heavy atom. The number of anilines is 2. The molecule has 70 heavy (non-hydrogen) atoms. The highest BCUT2D eigenvalue weighted by Crippen LogP contribution is 2.40. The van der Waals surface area contributed by atoms with E-state index in [0.717, 1.165) is 58.0 Å². The smallest absolute Gasteiger partial charge is 0.417 e. The number of carbonyl (C=O) groups excluding carboxylic acids is 4. The lowest BCUT2D eigenvalue weighted by Crippen LogP contribution is -2.57. The molecule has 2 saturated heterocycles. The summed E-state index contributed by atoms with van der Waals surface area (Å²) in [5, 5.41) is 15.1. The van der Waals surface area contributed by atoms with Crippen molar-refractivity contribution in [1.29, 1.82) is 5.26 Å². The molecular formula is C51H60F3N7O7S2. The molecule has 0 spiro atoms. The van der Waals surface area contributed by atoms with Crippen LogP contribution in [0.4, 0.5) is 24.5 Å². The number of unbranched alkanes of at least 4 members (excludes halogenated alkanes) is 2. The first-order valence-electron chi connectivity index (χ1n) is 23.3. The molecule has 0 radical (unpaired) electrons. The van der Waals surface area contributed by atoms with Gasteiger partial charge in [-0.05, 0) is 124 Å². The summed E-state index contributed by atoms with van der Waals surface area (Å²) in [4.78, 5) is 63.5. The molecule has 19 heteroatoms. The monoisotopic (exact) mass is 1000 g/mol. The van der Waals surface area contributed by atoms with E-state index in [-0.39, 0.29) is 41.5 Å². The number of amides is 4. The zero-order valence-corrected chi connectivity index (χ0v) is 42.0. The van der Waals surface area contributed by atoms with Gasteiger partial charge in [-0.3, -0.25) is 24.1 Å². The molecule has 2 atom stereocenters. The van der Waals surface area contributed by atoms with Gasteiger partial charge in [0.05, 0.1) is 65.4 Å². The van der Waals surface area contributed by atoms with Crippen LogP contribution >= 0.6 is 23.6 Å². The molecule has 0 aliphatic carbocycles. The van der Waals surface area contributed by atoms with Crippen molar-refractivity contribution in [1.82, 2.24) is 20.5 Å². The lowest BCUT2D eigenvalue weighted by Gasteiger charge is -2.35. The van der Waals surface area contributed by atoms with Crippen molar-refractivity contribution in [3.8, 4) is 22.3 Å². The van der Waals surface area contributed by atoms with Crippen molar-refractivity contribution < 1.29 is 46.6 Å². The van der Waals surface area contributed by atoms with E-state index in [2.05, 4.69) is 15.6 Å². The third-order valence-electron chi connectivity index (χ3n) is 12.2. The highest BCUT2D eigenvalue weighted by Gasteiger charge is 2.51. The quantitative estimate of drug-likeness (QED) is 0.0606. The topological polar surface area (TPSA) is 166 Å². The summed E-state index contributed by atoms with van der Waals surface area (Å²) < 4.78 is 58.4. The molecule has 6 rings (SSSR count). The molecule has 2 N–H and O–H groups in total. The maximum Gasteiger partial charge on any atom is 0.417 e. The lowest BCUT2D eigenvalue weighted by molar-refractivity contribution is -0.144. The zero-order valence-electron chi connectivity index (χ0n) is 40.3. The van der Waals surface area contributed by atoms with Crippen LogP contribution in [0.1, 0.15) is 95.5 Å². The van der Waals surface area contributed by atoms with E-state index in [1.54, 1.807) is 65.3 Å². The van der Waals surface area contributed by atoms with Gasteiger partial charge in [0, 0.05) is 31.8 Å². The molecule has 14 nitrogen and oxygen atoms in total. The molecule has 2 aliphatic heterocycles. The van der Waals surface area contributed by atoms with Gasteiger partial charge in [0.2, 0.25) is 17.7 Å². The second kappa shape index (κ2) is 23.3. The first kappa shape index (κ1) is 53.4. The highest BCUT2D eigenvalue weighted by molar-refractivity contribution is 7.81. The molecule has 0 saturated carbocycles. The third-order valence-corrected chi connectivity index (χ3v) is 13.5. The summed E-state index contributed by atoms with van der Waals surface area (Å²) in [6, 6.07) is 18.1. The van der Waals surface area contributed by atoms with Crippen molar-refractivity contribution in [2.24, 2.45) is 5.41 Å². The molecule has 0 bridgehead atoms. The Bertz CT molecular complexity index is 2540. The molecule has 374 valence electrons. The number of aromatic nitrogens is 1. The van der Waals surface area contributed by atoms with Crippen LogP contribution in [-0.4, -0.2) is 95.8 Å². The van der Waals surface area contributed by atoms with Crippen LogP contribution in [0.5, 0.6) is 5.75 Å². The largest absolute Gasteiger partial charge is 0.494 e. The van der Waals surface area contributed by atoms with E-state index < -0.39 is 46.2 Å². The Labute approximate surface area is 416 Å². The van der Waals surface area contributed by atoms with Crippen molar-refractivity contribution in [2.45, 2.75) is 110 Å². The minimum Gasteiger partial charge on any atom is -0.494 e. The first-order chi connectivity index (χ1) is 33.2. The average Bonchev–Trinajstić information content (AvgIpc) is 4.03. The fourth-order valence-corrected chi connectivity index (χ4v) is 9.65. The fraction of sp³-hybridized carbons (Fsp3) is 0.471. The van der Waals surface area contributed by atoms with E-state index >= 15 is 0 Å². The van der Waals surface area contributed by atoms with Crippen LogP contribution < -0.4 is 25.2 Å². The van der Waals surface area contributed by atoms with E-state index in [9.17, 15) is 37.6 Å². The number of nitriles is 1. The minimum absolute atomic E-state index is 0.00588. The van der Waals surface area contributed by atoms with Gasteiger partial charge in [0.15, 0.2) is 5.11 Å². The molecule has 1 aromatic heterocycles. The molecule has 4 amide bonds. The summed E-state index contributed by atoms with van der Waals surface area (Å²) >= 11 is 7.21. The van der Waals surface area contributed by atoms with Crippen LogP contribution in [0.2, 0.25) is 0 Å². The molecule has 3 aromatic carbocycles. The Hall–Kier alpha value is -5.94. The molecule has 1 unspecified atom stereocenters. The molecular weight excluding hydrogens is 944 g/mol. The van der Waals surface area contributed by atoms with E-state index in [1.165, 1.54) is 6.07 Å². The van der Waals surface area contributed by atoms with Gasteiger partial charge in [-0.2, -0.15) is 18.4 Å². The average molecular weight is 1000 g/mol. The standard InChI is InChI=1S/C51H60F3N7O7S2/c1-33-43(70-32-57-33)35-14-12-34(13-15-35)31-56-45(63)41-11-10-23-59(41)46(64)44(49(2,3)4)58-42(62)22-26-67-28-27-66-24-8-7-9-25-68-39-20-18-37(19-21-39)61-48(69)60(47(65)50(61,5)6)38-17-16-36(30-55)40(29-38)51(52,53)54/h12-21,29,32,41,44H,7-11,22-28,31H2,1-6H3,(H,56,63)(H,58,62)/t41-,44?/m0/s1. The van der Waals surface area contributed by atoms with Gasteiger partial charge in [0.25, 0.3) is 5.91 Å². The number of hydrogen-bond donors (Lipinski definition) is 2. The summed E-state index contributed by atoms with van der Waals surface area (Å²) in [5.74, 6) is -0.731. The van der Waals surface area contributed by atoms with Crippen molar-refractivity contribution >= 4 is 63.7 Å². The Kier molecular flexibility index (Phi) is 17.8. The van der Waals surface area contributed by atoms with Crippen molar-refractivity contribution in [3.63, 3.8) is 0 Å². The Morgan fingerprint density at radius 1 is 0.943 bits per heavy atom. The Morgan fingerprint density at radius 3 is 2.26 bits per heavy atom. The number of thiocarbonyl (C=S) groups is 1. The number of benzene rings is 3. The Balaban J connectivity index is 0.841. The highest BCUT2D eigenvalue weighted by atomic mass is 32.1. The van der Waals surface area contributed by atoms with Crippen LogP contribution in [0.3, 0.4) is 0 Å².